The molecule has 0 aromatic heterocycles. The van der Waals surface area contributed by atoms with E-state index in [0.717, 1.165) is 12.0 Å². The summed E-state index contributed by atoms with van der Waals surface area (Å²) in [5.74, 6) is -1.15. The number of ether oxygens (including phenoxy) is 1. The van der Waals surface area contributed by atoms with E-state index in [4.69, 9.17) is 4.74 Å². The second-order valence-corrected chi connectivity index (χ2v) is 8.85. The molecule has 1 saturated heterocycles. The minimum absolute atomic E-state index is 0.00305. The van der Waals surface area contributed by atoms with Crippen molar-refractivity contribution in [1.82, 2.24) is 4.31 Å². The monoisotopic (exact) mass is 418 g/mol. The highest BCUT2D eigenvalue weighted by Crippen LogP contribution is 2.28. The molecule has 0 aliphatic carbocycles. The van der Waals surface area contributed by atoms with Crippen molar-refractivity contribution < 1.29 is 23.1 Å². The fourth-order valence-electron chi connectivity index (χ4n) is 3.42. The van der Waals surface area contributed by atoms with Crippen LogP contribution >= 0.6 is 0 Å². The number of anilines is 1. The third-order valence-corrected chi connectivity index (χ3v) is 6.75. The molecule has 7 nitrogen and oxygen atoms in total. The lowest BCUT2D eigenvalue weighted by Crippen LogP contribution is -2.40. The normalized spacial score (nSPS) is 15.2. The molecule has 156 valence electrons. The van der Waals surface area contributed by atoms with E-state index < -0.39 is 16.0 Å². The van der Waals surface area contributed by atoms with Crippen LogP contribution in [0.25, 0.3) is 0 Å². The lowest BCUT2D eigenvalue weighted by molar-refractivity contribution is 0.0696. The number of carboxylic acids is 1. The van der Waals surface area contributed by atoms with Crippen molar-refractivity contribution in [2.45, 2.75) is 24.8 Å². The molecule has 0 unspecified atom stereocenters. The van der Waals surface area contributed by atoms with E-state index in [-0.39, 0.29) is 23.5 Å². The summed E-state index contributed by atoms with van der Waals surface area (Å²) < 4.78 is 32.4. The first-order chi connectivity index (χ1) is 13.9. The second kappa shape index (κ2) is 9.39. The molecule has 2 aromatic rings. The fraction of sp³-hybridized carbons (Fsp3) is 0.381. The fourth-order valence-corrected chi connectivity index (χ4v) is 4.85. The third kappa shape index (κ3) is 4.95. The summed E-state index contributed by atoms with van der Waals surface area (Å²) in [6, 6.07) is 14.2. The van der Waals surface area contributed by atoms with Crippen LogP contribution in [0.4, 0.5) is 5.69 Å². The van der Waals surface area contributed by atoms with E-state index >= 15 is 0 Å². The zero-order valence-electron chi connectivity index (χ0n) is 16.5. The highest BCUT2D eigenvalue weighted by Gasteiger charge is 2.28. The van der Waals surface area contributed by atoms with Gasteiger partial charge in [-0.1, -0.05) is 37.3 Å². The van der Waals surface area contributed by atoms with Gasteiger partial charge in [-0.3, -0.25) is 0 Å². The van der Waals surface area contributed by atoms with Gasteiger partial charge in [-0.2, -0.15) is 4.31 Å². The molecule has 0 saturated carbocycles. The number of rotatable bonds is 8. The van der Waals surface area contributed by atoms with Crippen molar-refractivity contribution in [3.8, 4) is 0 Å². The molecule has 1 aliphatic rings. The third-order valence-electron chi connectivity index (χ3n) is 4.86. The zero-order valence-corrected chi connectivity index (χ0v) is 17.3. The van der Waals surface area contributed by atoms with Gasteiger partial charge in [0, 0.05) is 26.2 Å². The van der Waals surface area contributed by atoms with Gasteiger partial charge in [-0.05, 0) is 30.2 Å². The predicted octanol–water partition coefficient (Wildman–Crippen LogP) is 2.82. The number of aromatic carboxylic acids is 1. The molecule has 8 heteroatoms. The van der Waals surface area contributed by atoms with Gasteiger partial charge in [-0.15, -0.1) is 0 Å². The number of sulfonamides is 1. The number of hydrogen-bond donors (Lipinski definition) is 1. The molecule has 3 rings (SSSR count). The molecule has 1 fully saturated rings. The van der Waals surface area contributed by atoms with Crippen LogP contribution in [0.5, 0.6) is 0 Å². The van der Waals surface area contributed by atoms with Gasteiger partial charge in [-0.25, -0.2) is 13.2 Å². The van der Waals surface area contributed by atoms with Gasteiger partial charge in [0.1, 0.15) is 0 Å². The number of benzene rings is 2. The number of carbonyl (C=O) groups is 1. The number of nitrogens with zero attached hydrogens (tertiary/aromatic N) is 2. The number of morpholine rings is 1. The molecule has 1 N–H and O–H groups in total. The molecular formula is C21H26N2O5S. The van der Waals surface area contributed by atoms with E-state index in [9.17, 15) is 18.3 Å². The Morgan fingerprint density at radius 3 is 2.45 bits per heavy atom. The molecule has 0 radical (unpaired) electrons. The minimum atomic E-state index is -3.76. The Bertz CT molecular complexity index is 941. The average Bonchev–Trinajstić information content (AvgIpc) is 2.74. The van der Waals surface area contributed by atoms with Gasteiger partial charge < -0.3 is 14.7 Å². The van der Waals surface area contributed by atoms with Gasteiger partial charge in [0.15, 0.2) is 0 Å². The van der Waals surface area contributed by atoms with Crippen molar-refractivity contribution in [1.29, 1.82) is 0 Å². The van der Waals surface area contributed by atoms with Crippen LogP contribution in [-0.4, -0.2) is 56.6 Å². The summed E-state index contributed by atoms with van der Waals surface area (Å²) in [6.45, 7) is 4.44. The molecule has 2 aromatic carbocycles. The topological polar surface area (TPSA) is 87.2 Å². The first-order valence-corrected chi connectivity index (χ1v) is 11.1. The molecule has 0 amide bonds. The van der Waals surface area contributed by atoms with Gasteiger partial charge in [0.2, 0.25) is 10.0 Å². The van der Waals surface area contributed by atoms with Crippen LogP contribution in [0, 0.1) is 0 Å². The Morgan fingerprint density at radius 2 is 1.83 bits per heavy atom. The van der Waals surface area contributed by atoms with Crippen molar-refractivity contribution >= 4 is 21.7 Å². The Kier molecular flexibility index (Phi) is 6.89. The number of hydrogen-bond acceptors (Lipinski definition) is 5. The van der Waals surface area contributed by atoms with Gasteiger partial charge in [0.05, 0.1) is 29.4 Å². The highest BCUT2D eigenvalue weighted by atomic mass is 32.2. The largest absolute Gasteiger partial charge is 0.478 e. The van der Waals surface area contributed by atoms with E-state index in [1.807, 2.05) is 42.2 Å². The summed E-state index contributed by atoms with van der Waals surface area (Å²) in [5.41, 5.74) is 1.56. The Hall–Kier alpha value is -2.42. The summed E-state index contributed by atoms with van der Waals surface area (Å²) in [7, 11) is -3.76. The summed E-state index contributed by atoms with van der Waals surface area (Å²) in [5, 5.41) is 9.79. The molecule has 0 atom stereocenters. The maximum Gasteiger partial charge on any atom is 0.337 e. The molecule has 29 heavy (non-hydrogen) atoms. The lowest BCUT2D eigenvalue weighted by atomic mass is 10.1. The minimum Gasteiger partial charge on any atom is -0.478 e. The van der Waals surface area contributed by atoms with Crippen LogP contribution in [0.3, 0.4) is 0 Å². The number of carboxylic acid groups (broad SMARTS) is 1. The average molecular weight is 419 g/mol. The van der Waals surface area contributed by atoms with Crippen molar-refractivity contribution in [3.63, 3.8) is 0 Å². The maximum atomic E-state index is 12.9. The highest BCUT2D eigenvalue weighted by molar-refractivity contribution is 7.89. The summed E-state index contributed by atoms with van der Waals surface area (Å²) >= 11 is 0. The quantitative estimate of drug-likeness (QED) is 0.709. The molecule has 1 aliphatic heterocycles. The Labute approximate surface area is 171 Å². The van der Waals surface area contributed by atoms with Gasteiger partial charge >= 0.3 is 5.97 Å². The lowest BCUT2D eigenvalue weighted by Gasteiger charge is -2.28. The summed E-state index contributed by atoms with van der Waals surface area (Å²) in [4.78, 5) is 14.0. The zero-order chi connectivity index (χ0) is 20.9. The van der Waals surface area contributed by atoms with Crippen LogP contribution in [0.2, 0.25) is 0 Å². The maximum absolute atomic E-state index is 12.9. The van der Waals surface area contributed by atoms with E-state index in [1.165, 1.54) is 16.4 Å². The van der Waals surface area contributed by atoms with Crippen LogP contribution in [0.15, 0.2) is 53.4 Å². The Morgan fingerprint density at radius 1 is 1.14 bits per heavy atom. The van der Waals surface area contributed by atoms with E-state index in [1.54, 1.807) is 6.07 Å². The first-order valence-electron chi connectivity index (χ1n) is 9.67. The van der Waals surface area contributed by atoms with Crippen molar-refractivity contribution in [2.24, 2.45) is 0 Å². The first kappa shape index (κ1) is 21.3. The van der Waals surface area contributed by atoms with E-state index in [2.05, 4.69) is 0 Å². The molecule has 0 spiro atoms. The van der Waals surface area contributed by atoms with Gasteiger partial charge in [0.25, 0.3) is 0 Å². The van der Waals surface area contributed by atoms with Crippen molar-refractivity contribution in [3.05, 3.63) is 59.7 Å². The second-order valence-electron chi connectivity index (χ2n) is 6.91. The smallest absolute Gasteiger partial charge is 0.337 e. The predicted molar refractivity (Wildman–Crippen MR) is 111 cm³/mol. The molecular weight excluding hydrogens is 392 g/mol. The Balaban J connectivity index is 1.97. The SMILES string of the molecule is CCCN(Cc1ccccc1)c1ccc(S(=O)(=O)N2CCOCC2)cc1C(=O)O. The van der Waals surface area contributed by atoms with Crippen molar-refractivity contribution in [2.75, 3.05) is 37.7 Å². The summed E-state index contributed by atoms with van der Waals surface area (Å²) in [6.07, 6.45) is 0.833. The van der Waals surface area contributed by atoms with Crippen LogP contribution < -0.4 is 4.90 Å². The standard InChI is InChI=1S/C21H26N2O5S/c1-2-10-22(16-17-6-4-3-5-7-17)20-9-8-18(15-19(20)21(24)25)29(26,27)23-11-13-28-14-12-23/h3-9,15H,2,10-14,16H2,1H3,(H,24,25). The van der Waals surface area contributed by atoms with Crippen LogP contribution in [-0.2, 0) is 21.3 Å². The van der Waals surface area contributed by atoms with Crippen LogP contribution in [0.1, 0.15) is 29.3 Å². The molecule has 1 heterocycles. The van der Waals surface area contributed by atoms with E-state index in [0.29, 0.717) is 32.0 Å². The molecule has 0 bridgehead atoms.